The third-order valence-electron chi connectivity index (χ3n) is 15.7. The molecular formula is C67H132NO8P. The summed E-state index contributed by atoms with van der Waals surface area (Å²) in [7, 11) is -4.38. The fourth-order valence-electron chi connectivity index (χ4n) is 10.6. The molecule has 2 unspecified atom stereocenters. The number of hydrogen-bond acceptors (Lipinski definition) is 8. The molecule has 0 fully saturated rings. The number of nitrogens with two attached hydrogens (primary N) is 1. The second-order valence-electron chi connectivity index (χ2n) is 23.4. The van der Waals surface area contributed by atoms with Crippen LogP contribution in [-0.4, -0.2) is 49.3 Å². The Bertz CT molecular complexity index is 1270. The molecule has 0 spiro atoms. The van der Waals surface area contributed by atoms with Crippen LogP contribution in [0.15, 0.2) is 12.2 Å². The highest BCUT2D eigenvalue weighted by Crippen LogP contribution is 2.43. The minimum atomic E-state index is -4.38. The predicted molar refractivity (Wildman–Crippen MR) is 331 cm³/mol. The van der Waals surface area contributed by atoms with Crippen LogP contribution in [0.25, 0.3) is 0 Å². The van der Waals surface area contributed by atoms with Gasteiger partial charge in [0.05, 0.1) is 13.2 Å². The number of carbonyl (C=O) groups excluding carboxylic acids is 2. The van der Waals surface area contributed by atoms with E-state index in [1.165, 1.54) is 295 Å². The maximum absolute atomic E-state index is 12.7. The zero-order valence-electron chi connectivity index (χ0n) is 51.5. The molecule has 2 atom stereocenters. The third-order valence-corrected chi connectivity index (χ3v) is 16.6. The lowest BCUT2D eigenvalue weighted by molar-refractivity contribution is -0.161. The first kappa shape index (κ1) is 75.8. The van der Waals surface area contributed by atoms with E-state index in [-0.39, 0.29) is 38.6 Å². The van der Waals surface area contributed by atoms with Gasteiger partial charge in [-0.15, -0.1) is 0 Å². The summed E-state index contributed by atoms with van der Waals surface area (Å²) < 4.78 is 33.1. The van der Waals surface area contributed by atoms with Crippen LogP contribution < -0.4 is 5.73 Å². The zero-order chi connectivity index (χ0) is 55.9. The lowest BCUT2D eigenvalue weighted by Crippen LogP contribution is -2.29. The topological polar surface area (TPSA) is 134 Å². The number of carbonyl (C=O) groups is 2. The molecule has 0 rings (SSSR count). The summed E-state index contributed by atoms with van der Waals surface area (Å²) in [6.45, 7) is 3.80. The minimum absolute atomic E-state index is 0.0560. The third kappa shape index (κ3) is 63.8. The molecular weight excluding hydrogens is 978 g/mol. The monoisotopic (exact) mass is 1110 g/mol. The van der Waals surface area contributed by atoms with Crippen molar-refractivity contribution in [3.8, 4) is 0 Å². The smallest absolute Gasteiger partial charge is 0.462 e. The van der Waals surface area contributed by atoms with E-state index in [4.69, 9.17) is 24.3 Å². The van der Waals surface area contributed by atoms with Gasteiger partial charge < -0.3 is 20.1 Å². The predicted octanol–water partition coefficient (Wildman–Crippen LogP) is 22.0. The van der Waals surface area contributed by atoms with Crippen LogP contribution in [0, 0.1) is 0 Å². The molecule has 3 N–H and O–H groups in total. The number of ether oxygens (including phenoxy) is 2. The van der Waals surface area contributed by atoms with Crippen molar-refractivity contribution < 1.29 is 37.6 Å². The van der Waals surface area contributed by atoms with Crippen molar-refractivity contribution in [1.29, 1.82) is 0 Å². The van der Waals surface area contributed by atoms with Crippen molar-refractivity contribution in [3.63, 3.8) is 0 Å². The van der Waals surface area contributed by atoms with E-state index >= 15 is 0 Å². The largest absolute Gasteiger partial charge is 0.472 e. The maximum atomic E-state index is 12.7. The molecule has 458 valence electrons. The average Bonchev–Trinajstić information content (AvgIpc) is 3.42. The Morgan fingerprint density at radius 3 is 0.922 bits per heavy atom. The normalized spacial score (nSPS) is 12.9. The fraction of sp³-hybridized carbons (Fsp3) is 0.940. The number of allylic oxidation sites excluding steroid dienone is 2. The van der Waals surface area contributed by atoms with Gasteiger partial charge in [0, 0.05) is 19.4 Å². The van der Waals surface area contributed by atoms with Gasteiger partial charge in [0.1, 0.15) is 6.61 Å². The van der Waals surface area contributed by atoms with Crippen molar-refractivity contribution in [2.24, 2.45) is 5.73 Å². The van der Waals surface area contributed by atoms with Crippen molar-refractivity contribution in [2.45, 2.75) is 380 Å². The molecule has 0 saturated heterocycles. The zero-order valence-corrected chi connectivity index (χ0v) is 52.4. The van der Waals surface area contributed by atoms with Crippen molar-refractivity contribution >= 4 is 19.8 Å². The standard InChI is InChI=1S/C67H132NO8P/c1-3-5-7-9-11-13-15-17-19-21-22-23-24-25-26-27-28-29-30-31-32-33-34-35-36-37-38-39-40-41-42-44-45-47-49-51-53-55-57-59-66(69)73-63-65(64-75-77(71,72)74-62-61-68)76-67(70)60-58-56-54-52-50-48-46-43-20-18-16-14-12-10-8-6-4-2/h18,20,65H,3-17,19,21-64,68H2,1-2H3,(H,71,72)/b20-18-. The summed E-state index contributed by atoms with van der Waals surface area (Å²) in [4.78, 5) is 35.2. The van der Waals surface area contributed by atoms with E-state index in [0.29, 0.717) is 6.42 Å². The second-order valence-corrected chi connectivity index (χ2v) is 24.9. The molecule has 0 aromatic rings. The van der Waals surface area contributed by atoms with Crippen molar-refractivity contribution in [2.75, 3.05) is 26.4 Å². The Balaban J connectivity index is 3.70. The number of unbranched alkanes of at least 4 members (excludes halogenated alkanes) is 51. The Morgan fingerprint density at radius 1 is 0.377 bits per heavy atom. The van der Waals surface area contributed by atoms with Gasteiger partial charge in [-0.3, -0.25) is 18.6 Å². The van der Waals surface area contributed by atoms with Gasteiger partial charge >= 0.3 is 19.8 Å². The summed E-state index contributed by atoms with van der Waals surface area (Å²) in [6.07, 6.45) is 76.2. The number of hydrogen-bond donors (Lipinski definition) is 2. The van der Waals surface area contributed by atoms with Gasteiger partial charge in [-0.05, 0) is 38.5 Å². The van der Waals surface area contributed by atoms with E-state index in [2.05, 4.69) is 26.0 Å². The molecule has 0 aliphatic heterocycles. The number of esters is 2. The van der Waals surface area contributed by atoms with E-state index < -0.39 is 26.5 Å². The molecule has 0 bridgehead atoms. The van der Waals surface area contributed by atoms with Crippen molar-refractivity contribution in [3.05, 3.63) is 12.2 Å². The lowest BCUT2D eigenvalue weighted by Gasteiger charge is -2.19. The second kappa shape index (κ2) is 63.9. The highest BCUT2D eigenvalue weighted by molar-refractivity contribution is 7.47. The SMILES string of the molecule is CCCCCCCC/C=C\CCCCCCCCCC(=O)OC(COC(=O)CCCCCCCCCCCCCCCCCCCCCCCCCCCCCCCCCCCCCCCCC)COP(=O)(O)OCCN. The summed E-state index contributed by atoms with van der Waals surface area (Å²) in [5.41, 5.74) is 5.39. The fourth-order valence-corrected chi connectivity index (χ4v) is 11.3. The van der Waals surface area contributed by atoms with Gasteiger partial charge in [0.25, 0.3) is 0 Å². The Morgan fingerprint density at radius 2 is 0.636 bits per heavy atom. The summed E-state index contributed by atoms with van der Waals surface area (Å²) >= 11 is 0. The molecule has 0 aromatic heterocycles. The summed E-state index contributed by atoms with van der Waals surface area (Å²) in [6, 6.07) is 0. The van der Waals surface area contributed by atoms with E-state index in [9.17, 15) is 19.0 Å². The molecule has 0 radical (unpaired) electrons. The van der Waals surface area contributed by atoms with Crippen LogP contribution in [0.1, 0.15) is 373 Å². The van der Waals surface area contributed by atoms with E-state index in [0.717, 1.165) is 44.9 Å². The van der Waals surface area contributed by atoms with Gasteiger partial charge in [-0.1, -0.05) is 334 Å². The first-order valence-corrected chi connectivity index (χ1v) is 35.7. The Hall–Kier alpha value is -1.25. The lowest BCUT2D eigenvalue weighted by atomic mass is 10.0. The highest BCUT2D eigenvalue weighted by Gasteiger charge is 2.26. The first-order chi connectivity index (χ1) is 37.8. The first-order valence-electron chi connectivity index (χ1n) is 34.2. The van der Waals surface area contributed by atoms with Crippen molar-refractivity contribution in [1.82, 2.24) is 0 Å². The van der Waals surface area contributed by atoms with Gasteiger partial charge in [0.15, 0.2) is 6.10 Å². The molecule has 77 heavy (non-hydrogen) atoms. The number of phosphoric acid groups is 1. The molecule has 0 amide bonds. The summed E-state index contributed by atoms with van der Waals surface area (Å²) in [5.74, 6) is -0.812. The molecule has 9 nitrogen and oxygen atoms in total. The Labute approximate surface area is 479 Å². The van der Waals surface area contributed by atoms with Gasteiger partial charge in [0.2, 0.25) is 0 Å². The van der Waals surface area contributed by atoms with E-state index in [1.807, 2.05) is 0 Å². The quantitative estimate of drug-likeness (QED) is 0.0264. The summed E-state index contributed by atoms with van der Waals surface area (Å²) in [5, 5.41) is 0. The number of rotatable bonds is 66. The van der Waals surface area contributed by atoms with Gasteiger partial charge in [-0.2, -0.15) is 0 Å². The molecule has 0 heterocycles. The molecule has 0 aromatic carbocycles. The molecule has 10 heteroatoms. The molecule has 0 aliphatic rings. The molecule has 0 saturated carbocycles. The highest BCUT2D eigenvalue weighted by atomic mass is 31.2. The van der Waals surface area contributed by atoms with Crippen LogP contribution in [0.5, 0.6) is 0 Å². The van der Waals surface area contributed by atoms with Crippen LogP contribution >= 0.6 is 7.82 Å². The van der Waals surface area contributed by atoms with Crippen LogP contribution in [0.3, 0.4) is 0 Å². The van der Waals surface area contributed by atoms with Gasteiger partial charge in [-0.25, -0.2) is 4.57 Å². The Kier molecular flexibility index (Phi) is 62.9. The minimum Gasteiger partial charge on any atom is -0.462 e. The van der Waals surface area contributed by atoms with Crippen LogP contribution in [-0.2, 0) is 32.7 Å². The van der Waals surface area contributed by atoms with Crippen LogP contribution in [0.4, 0.5) is 0 Å². The molecule has 0 aliphatic carbocycles. The average molecular weight is 1110 g/mol. The van der Waals surface area contributed by atoms with Crippen LogP contribution in [0.2, 0.25) is 0 Å². The van der Waals surface area contributed by atoms with E-state index in [1.54, 1.807) is 0 Å². The number of phosphoric ester groups is 1. The maximum Gasteiger partial charge on any atom is 0.472 e.